The van der Waals surface area contributed by atoms with Gasteiger partial charge in [-0.2, -0.15) is 0 Å². The van der Waals surface area contributed by atoms with Crippen LogP contribution in [-0.2, 0) is 4.79 Å². The molecule has 0 atom stereocenters. The van der Waals surface area contributed by atoms with Gasteiger partial charge in [0, 0.05) is 18.5 Å². The fourth-order valence-electron chi connectivity index (χ4n) is 3.42. The molecule has 2 aromatic carbocycles. The molecular weight excluding hydrogens is 432 g/mol. The van der Waals surface area contributed by atoms with Gasteiger partial charge in [-0.25, -0.2) is 9.98 Å². The first-order valence-electron chi connectivity index (χ1n) is 9.36. The number of aliphatic imine (C=N–C) groups is 1. The van der Waals surface area contributed by atoms with Gasteiger partial charge >= 0.3 is 0 Å². The minimum atomic E-state index is -0.0358. The molecule has 5 rings (SSSR count). The standard InChI is InChI=1S/C22H18N4OS3/c1-4-11-26-20(27)19(21-25(3)16-7-5-6-8-18(16)29-21)30-22(26)24-14-9-10-17-15(12-14)23-13(2)28-17/h4-10,12H,1,11H2,2-3H3. The maximum Gasteiger partial charge on any atom is 0.269 e. The van der Waals surface area contributed by atoms with Crippen LogP contribution in [0.1, 0.15) is 5.01 Å². The summed E-state index contributed by atoms with van der Waals surface area (Å²) in [4.78, 5) is 28.2. The number of thiazole rings is 1. The fraction of sp³-hybridized carbons (Fsp3) is 0.136. The number of amides is 1. The van der Waals surface area contributed by atoms with Crippen LogP contribution in [0.15, 0.2) is 74.9 Å². The van der Waals surface area contributed by atoms with Gasteiger partial charge in [-0.05, 0) is 49.0 Å². The third-order valence-corrected chi connectivity index (χ3v) is 8.19. The van der Waals surface area contributed by atoms with Crippen molar-refractivity contribution in [3.05, 3.63) is 70.1 Å². The Morgan fingerprint density at radius 2 is 2.03 bits per heavy atom. The molecule has 30 heavy (non-hydrogen) atoms. The predicted octanol–water partition coefficient (Wildman–Crippen LogP) is 5.76. The Balaban J connectivity index is 1.55. The summed E-state index contributed by atoms with van der Waals surface area (Å²) in [5, 5.41) is 2.64. The highest BCUT2D eigenvalue weighted by Crippen LogP contribution is 2.50. The Labute approximate surface area is 187 Å². The van der Waals surface area contributed by atoms with Crippen LogP contribution in [-0.4, -0.2) is 34.6 Å². The third-order valence-electron chi connectivity index (χ3n) is 4.81. The van der Waals surface area contributed by atoms with Gasteiger partial charge in [-0.1, -0.05) is 30.0 Å². The van der Waals surface area contributed by atoms with Gasteiger partial charge in [0.25, 0.3) is 5.91 Å². The van der Waals surface area contributed by atoms with Gasteiger partial charge in [0.1, 0.15) is 4.91 Å². The van der Waals surface area contributed by atoms with E-state index in [0.717, 1.165) is 36.5 Å². The molecule has 5 nitrogen and oxygen atoms in total. The van der Waals surface area contributed by atoms with Crippen molar-refractivity contribution >= 4 is 67.5 Å². The van der Waals surface area contributed by atoms with E-state index in [9.17, 15) is 4.79 Å². The van der Waals surface area contributed by atoms with Crippen LogP contribution >= 0.6 is 34.9 Å². The maximum atomic E-state index is 13.3. The number of carbonyl (C=O) groups excluding carboxylic acids is 1. The molecule has 0 unspecified atom stereocenters. The van der Waals surface area contributed by atoms with Crippen LogP contribution in [0.4, 0.5) is 11.4 Å². The smallest absolute Gasteiger partial charge is 0.269 e. The SMILES string of the molecule is C=CCN1C(=O)C(=C2Sc3ccccc3N2C)SC1=Nc1ccc2sc(C)nc2c1. The van der Waals surface area contributed by atoms with Gasteiger partial charge in [-0.15, -0.1) is 17.9 Å². The summed E-state index contributed by atoms with van der Waals surface area (Å²) < 4.78 is 1.14. The minimum Gasteiger partial charge on any atom is -0.337 e. The molecule has 1 fully saturated rings. The van der Waals surface area contributed by atoms with E-state index in [1.165, 1.54) is 11.8 Å². The van der Waals surface area contributed by atoms with E-state index >= 15 is 0 Å². The average molecular weight is 451 g/mol. The van der Waals surface area contributed by atoms with E-state index < -0.39 is 0 Å². The first-order chi connectivity index (χ1) is 14.5. The van der Waals surface area contributed by atoms with Crippen molar-refractivity contribution in [1.82, 2.24) is 9.88 Å². The molecule has 2 aliphatic rings. The second-order valence-corrected chi connectivity index (χ2v) is 10.1. The molecule has 1 saturated heterocycles. The number of aromatic nitrogens is 1. The topological polar surface area (TPSA) is 48.8 Å². The lowest BCUT2D eigenvalue weighted by Gasteiger charge is -2.15. The van der Waals surface area contributed by atoms with Crippen molar-refractivity contribution in [2.75, 3.05) is 18.5 Å². The Morgan fingerprint density at radius 3 is 2.83 bits per heavy atom. The summed E-state index contributed by atoms with van der Waals surface area (Å²) in [6.45, 7) is 6.23. The van der Waals surface area contributed by atoms with E-state index in [-0.39, 0.29) is 5.91 Å². The second kappa shape index (κ2) is 7.61. The van der Waals surface area contributed by atoms with Crippen LogP contribution in [0.25, 0.3) is 10.2 Å². The molecule has 8 heteroatoms. The van der Waals surface area contributed by atoms with Crippen LogP contribution in [0.3, 0.4) is 0 Å². The predicted molar refractivity (Wildman–Crippen MR) is 129 cm³/mol. The van der Waals surface area contributed by atoms with Gasteiger partial charge in [0.15, 0.2) is 5.17 Å². The van der Waals surface area contributed by atoms with Crippen molar-refractivity contribution in [1.29, 1.82) is 0 Å². The quantitative estimate of drug-likeness (QED) is 0.375. The molecule has 3 aromatic rings. The number of para-hydroxylation sites is 1. The Morgan fingerprint density at radius 1 is 1.20 bits per heavy atom. The lowest BCUT2D eigenvalue weighted by Crippen LogP contribution is -2.29. The summed E-state index contributed by atoms with van der Waals surface area (Å²) in [5.74, 6) is -0.0358. The summed E-state index contributed by atoms with van der Waals surface area (Å²) in [7, 11) is 2.00. The number of thioether (sulfide) groups is 2. The Kier molecular flexibility index (Phi) is 4.92. The zero-order chi connectivity index (χ0) is 20.8. The summed E-state index contributed by atoms with van der Waals surface area (Å²) in [6.07, 6.45) is 1.73. The summed E-state index contributed by atoms with van der Waals surface area (Å²) in [5.41, 5.74) is 2.84. The van der Waals surface area contributed by atoms with Crippen LogP contribution in [0.5, 0.6) is 0 Å². The van der Waals surface area contributed by atoms with E-state index in [1.54, 1.807) is 34.1 Å². The van der Waals surface area contributed by atoms with Crippen molar-refractivity contribution in [2.24, 2.45) is 4.99 Å². The van der Waals surface area contributed by atoms with Crippen LogP contribution in [0, 0.1) is 6.92 Å². The fourth-order valence-corrected chi connectivity index (χ4v) is 6.58. The summed E-state index contributed by atoms with van der Waals surface area (Å²) >= 11 is 4.71. The molecule has 1 aromatic heterocycles. The number of nitrogens with zero attached hydrogens (tertiary/aromatic N) is 4. The number of benzene rings is 2. The van der Waals surface area contributed by atoms with Crippen LogP contribution in [0.2, 0.25) is 0 Å². The molecule has 0 aliphatic carbocycles. The molecule has 0 saturated carbocycles. The second-order valence-electron chi connectivity index (χ2n) is 6.85. The van der Waals surface area contributed by atoms with Gasteiger partial charge in [0.05, 0.1) is 31.6 Å². The number of aryl methyl sites for hydroxylation is 1. The molecule has 2 aliphatic heterocycles. The molecule has 0 spiro atoms. The van der Waals surface area contributed by atoms with Gasteiger partial charge < -0.3 is 4.90 Å². The van der Waals surface area contributed by atoms with Crippen molar-refractivity contribution < 1.29 is 4.79 Å². The highest BCUT2D eigenvalue weighted by molar-refractivity contribution is 8.19. The highest BCUT2D eigenvalue weighted by atomic mass is 32.2. The molecule has 3 heterocycles. The normalized spacial score (nSPS) is 19.9. The zero-order valence-corrected chi connectivity index (χ0v) is 18.9. The number of fused-ring (bicyclic) bond motifs is 2. The average Bonchev–Trinajstić information content (AvgIpc) is 3.36. The largest absolute Gasteiger partial charge is 0.337 e. The van der Waals surface area contributed by atoms with Crippen LogP contribution < -0.4 is 4.90 Å². The molecular formula is C22H18N4OS3. The molecule has 1 amide bonds. The Hall–Kier alpha value is -2.55. The lowest BCUT2D eigenvalue weighted by atomic mass is 10.3. The van der Waals surface area contributed by atoms with E-state index in [0.29, 0.717) is 16.6 Å². The van der Waals surface area contributed by atoms with Gasteiger partial charge in [0.2, 0.25) is 0 Å². The number of hydrogen-bond acceptors (Lipinski definition) is 7. The van der Waals surface area contributed by atoms with Crippen molar-refractivity contribution in [2.45, 2.75) is 11.8 Å². The van der Waals surface area contributed by atoms with E-state index in [1.807, 2.05) is 44.3 Å². The lowest BCUT2D eigenvalue weighted by molar-refractivity contribution is -0.121. The third kappa shape index (κ3) is 3.25. The Bertz CT molecular complexity index is 1260. The van der Waals surface area contributed by atoms with E-state index in [2.05, 4.69) is 28.6 Å². The monoisotopic (exact) mass is 450 g/mol. The minimum absolute atomic E-state index is 0.0358. The van der Waals surface area contributed by atoms with Gasteiger partial charge in [-0.3, -0.25) is 9.69 Å². The van der Waals surface area contributed by atoms with E-state index in [4.69, 9.17) is 4.99 Å². The number of carbonyl (C=O) groups is 1. The highest BCUT2D eigenvalue weighted by Gasteiger charge is 2.38. The first kappa shape index (κ1) is 19.4. The maximum absolute atomic E-state index is 13.3. The molecule has 150 valence electrons. The first-order valence-corrected chi connectivity index (χ1v) is 11.8. The summed E-state index contributed by atoms with van der Waals surface area (Å²) in [6, 6.07) is 14.2. The number of hydrogen-bond donors (Lipinski definition) is 0. The van der Waals surface area contributed by atoms with Crippen molar-refractivity contribution in [3.63, 3.8) is 0 Å². The zero-order valence-electron chi connectivity index (χ0n) is 16.5. The number of amidine groups is 1. The van der Waals surface area contributed by atoms with Crippen molar-refractivity contribution in [3.8, 4) is 0 Å². The number of rotatable bonds is 3. The molecule has 0 radical (unpaired) electrons. The molecule has 0 bridgehead atoms. The molecule has 0 N–H and O–H groups in total. The number of anilines is 1.